The van der Waals surface area contributed by atoms with Crippen molar-refractivity contribution in [2.45, 2.75) is 39.2 Å². The quantitative estimate of drug-likeness (QED) is 0.674. The van der Waals surface area contributed by atoms with E-state index in [2.05, 4.69) is 13.8 Å². The van der Waals surface area contributed by atoms with Gasteiger partial charge in [-0.05, 0) is 19.3 Å². The molecule has 1 heterocycles. The highest BCUT2D eigenvalue weighted by atomic mass is 35.5. The van der Waals surface area contributed by atoms with Crippen molar-refractivity contribution in [3.8, 4) is 0 Å². The normalized spacial score (nSPS) is 20.4. The van der Waals surface area contributed by atoms with E-state index in [0.29, 0.717) is 31.7 Å². The molecule has 1 unspecified atom stereocenters. The van der Waals surface area contributed by atoms with Crippen LogP contribution in [0, 0.1) is 5.92 Å². The van der Waals surface area contributed by atoms with Gasteiger partial charge in [-0.25, -0.2) is 0 Å². The van der Waals surface area contributed by atoms with Crippen LogP contribution < -0.4 is 0 Å². The summed E-state index contributed by atoms with van der Waals surface area (Å²) in [5.41, 5.74) is 0. The standard InChI is InChI=1S/C12H22ClNO2/c1-3-11(4-2)14(7-6-13)12(15)10-5-8-16-9-10/h10-11H,3-9H2,1-2H3. The Morgan fingerprint density at radius 1 is 1.50 bits per heavy atom. The van der Waals surface area contributed by atoms with Crippen LogP contribution in [-0.2, 0) is 9.53 Å². The summed E-state index contributed by atoms with van der Waals surface area (Å²) in [7, 11) is 0. The Hall–Kier alpha value is -0.280. The maximum atomic E-state index is 12.3. The lowest BCUT2D eigenvalue weighted by Crippen LogP contribution is -2.44. The minimum atomic E-state index is 0.0591. The van der Waals surface area contributed by atoms with Crippen LogP contribution in [0.3, 0.4) is 0 Å². The zero-order valence-electron chi connectivity index (χ0n) is 10.2. The minimum Gasteiger partial charge on any atom is -0.381 e. The zero-order chi connectivity index (χ0) is 12.0. The van der Waals surface area contributed by atoms with Crippen molar-refractivity contribution in [2.24, 2.45) is 5.92 Å². The number of nitrogens with zero attached hydrogens (tertiary/aromatic N) is 1. The lowest BCUT2D eigenvalue weighted by atomic mass is 10.0. The first-order valence-corrected chi connectivity index (χ1v) is 6.72. The first-order chi connectivity index (χ1) is 7.74. The maximum absolute atomic E-state index is 12.3. The smallest absolute Gasteiger partial charge is 0.228 e. The third kappa shape index (κ3) is 3.36. The van der Waals surface area contributed by atoms with E-state index in [1.807, 2.05) is 4.90 Å². The van der Waals surface area contributed by atoms with Crippen molar-refractivity contribution in [3.63, 3.8) is 0 Å². The molecule has 1 atom stereocenters. The predicted octanol–water partition coefficient (Wildman–Crippen LogP) is 2.28. The number of halogens is 1. The highest BCUT2D eigenvalue weighted by molar-refractivity contribution is 6.18. The molecule has 0 aromatic heterocycles. The fraction of sp³-hybridized carbons (Fsp3) is 0.917. The van der Waals surface area contributed by atoms with Crippen LogP contribution in [0.5, 0.6) is 0 Å². The third-order valence-electron chi connectivity index (χ3n) is 3.27. The van der Waals surface area contributed by atoms with Crippen LogP contribution in [0.25, 0.3) is 0 Å². The van der Waals surface area contributed by atoms with Crippen LogP contribution in [0.1, 0.15) is 33.1 Å². The zero-order valence-corrected chi connectivity index (χ0v) is 11.0. The summed E-state index contributed by atoms with van der Waals surface area (Å²) in [6.45, 7) is 6.19. The van der Waals surface area contributed by atoms with Crippen LogP contribution >= 0.6 is 11.6 Å². The van der Waals surface area contributed by atoms with E-state index in [0.717, 1.165) is 19.3 Å². The molecule has 0 aromatic carbocycles. The van der Waals surface area contributed by atoms with Crippen molar-refractivity contribution in [1.82, 2.24) is 4.90 Å². The SMILES string of the molecule is CCC(CC)N(CCCl)C(=O)C1CCOC1. The molecule has 0 bridgehead atoms. The van der Waals surface area contributed by atoms with E-state index in [1.54, 1.807) is 0 Å². The summed E-state index contributed by atoms with van der Waals surface area (Å²) in [5, 5.41) is 0. The second kappa shape index (κ2) is 7.13. The number of rotatable bonds is 6. The van der Waals surface area contributed by atoms with Crippen LogP contribution in [-0.4, -0.2) is 42.5 Å². The summed E-state index contributed by atoms with van der Waals surface area (Å²) < 4.78 is 5.27. The summed E-state index contributed by atoms with van der Waals surface area (Å²) in [6, 6.07) is 0.326. The number of alkyl halides is 1. The van der Waals surface area contributed by atoms with Gasteiger partial charge in [0.25, 0.3) is 0 Å². The highest BCUT2D eigenvalue weighted by Crippen LogP contribution is 2.19. The Morgan fingerprint density at radius 3 is 2.62 bits per heavy atom. The topological polar surface area (TPSA) is 29.5 Å². The van der Waals surface area contributed by atoms with Gasteiger partial charge in [0.1, 0.15) is 0 Å². The Morgan fingerprint density at radius 2 is 2.19 bits per heavy atom. The fourth-order valence-corrected chi connectivity index (χ4v) is 2.44. The molecular weight excluding hydrogens is 226 g/mol. The third-order valence-corrected chi connectivity index (χ3v) is 3.44. The van der Waals surface area contributed by atoms with Gasteiger partial charge in [0, 0.05) is 25.1 Å². The molecule has 0 radical (unpaired) electrons. The molecule has 3 nitrogen and oxygen atoms in total. The molecule has 0 aliphatic carbocycles. The first kappa shape index (κ1) is 13.8. The fourth-order valence-electron chi connectivity index (χ4n) is 2.26. The summed E-state index contributed by atoms with van der Waals surface area (Å²) in [6.07, 6.45) is 2.84. The molecule has 0 N–H and O–H groups in total. The molecule has 1 aliphatic heterocycles. The maximum Gasteiger partial charge on any atom is 0.228 e. The Balaban J connectivity index is 2.63. The van der Waals surface area contributed by atoms with Gasteiger partial charge in [0.2, 0.25) is 5.91 Å². The van der Waals surface area contributed by atoms with E-state index in [1.165, 1.54) is 0 Å². The highest BCUT2D eigenvalue weighted by Gasteiger charge is 2.30. The van der Waals surface area contributed by atoms with E-state index < -0.39 is 0 Å². The van der Waals surface area contributed by atoms with E-state index in [4.69, 9.17) is 16.3 Å². The van der Waals surface area contributed by atoms with Crippen molar-refractivity contribution in [2.75, 3.05) is 25.6 Å². The average molecular weight is 248 g/mol. The Bertz CT molecular complexity index is 213. The van der Waals surface area contributed by atoms with Crippen LogP contribution in [0.4, 0.5) is 0 Å². The number of hydrogen-bond acceptors (Lipinski definition) is 2. The van der Waals surface area contributed by atoms with Crippen LogP contribution in [0.2, 0.25) is 0 Å². The van der Waals surface area contributed by atoms with Crippen LogP contribution in [0.15, 0.2) is 0 Å². The number of carbonyl (C=O) groups is 1. The molecule has 1 fully saturated rings. The number of amides is 1. The molecule has 1 rings (SSSR count). The van der Waals surface area contributed by atoms with E-state index in [-0.39, 0.29) is 11.8 Å². The molecule has 4 heteroatoms. The second-order valence-corrected chi connectivity index (χ2v) is 4.63. The minimum absolute atomic E-state index is 0.0591. The van der Waals surface area contributed by atoms with Gasteiger partial charge in [-0.1, -0.05) is 13.8 Å². The molecule has 16 heavy (non-hydrogen) atoms. The summed E-state index contributed by atoms with van der Waals surface area (Å²) >= 11 is 5.78. The van der Waals surface area contributed by atoms with Crippen molar-refractivity contribution >= 4 is 17.5 Å². The number of ether oxygens (including phenoxy) is 1. The van der Waals surface area contributed by atoms with Gasteiger partial charge >= 0.3 is 0 Å². The second-order valence-electron chi connectivity index (χ2n) is 4.25. The average Bonchev–Trinajstić information content (AvgIpc) is 2.82. The van der Waals surface area contributed by atoms with Crippen molar-refractivity contribution in [1.29, 1.82) is 0 Å². The molecule has 0 saturated carbocycles. The lowest BCUT2D eigenvalue weighted by Gasteiger charge is -2.31. The van der Waals surface area contributed by atoms with Gasteiger partial charge in [-0.3, -0.25) is 4.79 Å². The number of hydrogen-bond donors (Lipinski definition) is 0. The summed E-state index contributed by atoms with van der Waals surface area (Å²) in [5.74, 6) is 0.797. The molecule has 1 amide bonds. The Labute approximate surface area is 103 Å². The van der Waals surface area contributed by atoms with Gasteiger partial charge < -0.3 is 9.64 Å². The van der Waals surface area contributed by atoms with Gasteiger partial charge in [-0.2, -0.15) is 0 Å². The first-order valence-electron chi connectivity index (χ1n) is 6.18. The van der Waals surface area contributed by atoms with Gasteiger partial charge in [-0.15, -0.1) is 11.6 Å². The van der Waals surface area contributed by atoms with Gasteiger partial charge in [0.05, 0.1) is 12.5 Å². The Kier molecular flexibility index (Phi) is 6.14. The molecule has 1 saturated heterocycles. The lowest BCUT2D eigenvalue weighted by molar-refractivity contribution is -0.137. The van der Waals surface area contributed by atoms with E-state index in [9.17, 15) is 4.79 Å². The number of carbonyl (C=O) groups excluding carboxylic acids is 1. The monoisotopic (exact) mass is 247 g/mol. The molecule has 94 valence electrons. The summed E-state index contributed by atoms with van der Waals surface area (Å²) in [4.78, 5) is 14.2. The van der Waals surface area contributed by atoms with Crippen molar-refractivity contribution < 1.29 is 9.53 Å². The molecular formula is C12H22ClNO2. The largest absolute Gasteiger partial charge is 0.381 e. The van der Waals surface area contributed by atoms with E-state index >= 15 is 0 Å². The molecule has 1 aliphatic rings. The molecule has 0 spiro atoms. The predicted molar refractivity (Wildman–Crippen MR) is 65.7 cm³/mol. The van der Waals surface area contributed by atoms with Crippen molar-refractivity contribution in [3.05, 3.63) is 0 Å². The molecule has 0 aromatic rings. The van der Waals surface area contributed by atoms with Gasteiger partial charge in [0.15, 0.2) is 0 Å².